The molecule has 202 valence electrons. The van der Waals surface area contributed by atoms with Gasteiger partial charge in [0, 0.05) is 30.3 Å². The first kappa shape index (κ1) is 27.7. The molecule has 3 aromatic rings. The third-order valence-electron chi connectivity index (χ3n) is 7.50. The van der Waals surface area contributed by atoms with Gasteiger partial charge in [-0.25, -0.2) is 0 Å². The molecule has 0 radical (unpaired) electrons. The van der Waals surface area contributed by atoms with Crippen molar-refractivity contribution in [2.24, 2.45) is 0 Å². The normalized spacial score (nSPS) is 18.6. The van der Waals surface area contributed by atoms with Crippen molar-refractivity contribution in [3.63, 3.8) is 0 Å². The molecule has 0 bridgehead atoms. The lowest BCUT2D eigenvalue weighted by molar-refractivity contribution is -0.0397. The van der Waals surface area contributed by atoms with Gasteiger partial charge < -0.3 is 19.6 Å². The van der Waals surface area contributed by atoms with Crippen LogP contribution in [0.2, 0.25) is 0 Å². The molecule has 2 heterocycles. The van der Waals surface area contributed by atoms with Crippen LogP contribution in [0.3, 0.4) is 0 Å². The molecular weight excluding hydrogens is 460 g/mol. The fourth-order valence-corrected chi connectivity index (χ4v) is 5.40. The van der Waals surface area contributed by atoms with Crippen LogP contribution in [0.1, 0.15) is 89.5 Å². The number of aromatic amines is 1. The minimum atomic E-state index is -0.0509. The SMILES string of the molecule is CC(C)(C)N1CC(COc2ccc(CCCCCCCCCCO)c3[nH]ccc23)OC1c1ccccc1. The van der Waals surface area contributed by atoms with Gasteiger partial charge in [0.1, 0.15) is 24.7 Å². The quantitative estimate of drug-likeness (QED) is 0.224. The number of H-pyrrole nitrogens is 1. The second kappa shape index (κ2) is 13.5. The summed E-state index contributed by atoms with van der Waals surface area (Å²) in [5.74, 6) is 0.928. The number of aliphatic hydroxyl groups excluding tert-OH is 1. The number of aryl methyl sites for hydroxylation is 1. The van der Waals surface area contributed by atoms with Crippen LogP contribution in [0, 0.1) is 0 Å². The Morgan fingerprint density at radius 3 is 2.32 bits per heavy atom. The Labute approximate surface area is 223 Å². The van der Waals surface area contributed by atoms with Crippen molar-refractivity contribution < 1.29 is 14.6 Å². The highest BCUT2D eigenvalue weighted by molar-refractivity contribution is 5.88. The Hall–Kier alpha value is -2.34. The van der Waals surface area contributed by atoms with Crippen molar-refractivity contribution in [3.05, 3.63) is 65.9 Å². The van der Waals surface area contributed by atoms with Gasteiger partial charge in [-0.1, -0.05) is 74.9 Å². The van der Waals surface area contributed by atoms with E-state index in [0.717, 1.165) is 36.9 Å². The highest BCUT2D eigenvalue weighted by atomic mass is 16.6. The predicted molar refractivity (Wildman–Crippen MR) is 152 cm³/mol. The van der Waals surface area contributed by atoms with E-state index in [0.29, 0.717) is 13.2 Å². The van der Waals surface area contributed by atoms with Crippen LogP contribution in [0.25, 0.3) is 10.9 Å². The average molecular weight is 507 g/mol. The molecule has 1 fully saturated rings. The minimum absolute atomic E-state index is 0.00468. The van der Waals surface area contributed by atoms with Crippen molar-refractivity contribution in [2.75, 3.05) is 19.8 Å². The van der Waals surface area contributed by atoms with Gasteiger partial charge in [0.05, 0.1) is 5.52 Å². The lowest BCUT2D eigenvalue weighted by atomic mass is 10.0. The number of nitrogens with one attached hydrogen (secondary N) is 1. The van der Waals surface area contributed by atoms with E-state index in [9.17, 15) is 0 Å². The molecule has 0 amide bonds. The van der Waals surface area contributed by atoms with Gasteiger partial charge in [0.15, 0.2) is 0 Å². The fourth-order valence-electron chi connectivity index (χ4n) is 5.40. The smallest absolute Gasteiger partial charge is 0.137 e. The highest BCUT2D eigenvalue weighted by Crippen LogP contribution is 2.36. The molecule has 0 aliphatic carbocycles. The van der Waals surface area contributed by atoms with E-state index in [1.165, 1.54) is 55.2 Å². The van der Waals surface area contributed by atoms with Gasteiger partial charge in [-0.2, -0.15) is 0 Å². The topological polar surface area (TPSA) is 57.7 Å². The summed E-state index contributed by atoms with van der Waals surface area (Å²) >= 11 is 0. The first-order valence-electron chi connectivity index (χ1n) is 14.3. The van der Waals surface area contributed by atoms with E-state index in [1.807, 2.05) is 6.20 Å². The van der Waals surface area contributed by atoms with Gasteiger partial charge in [0.2, 0.25) is 0 Å². The lowest BCUT2D eigenvalue weighted by Crippen LogP contribution is -2.42. The fraction of sp³-hybridized carbons (Fsp3) is 0.562. The van der Waals surface area contributed by atoms with E-state index in [2.05, 4.69) is 79.2 Å². The Morgan fingerprint density at radius 1 is 0.919 bits per heavy atom. The molecule has 2 aromatic carbocycles. The molecule has 1 aromatic heterocycles. The van der Waals surface area contributed by atoms with Crippen LogP contribution in [0.4, 0.5) is 0 Å². The molecule has 0 spiro atoms. The number of fused-ring (bicyclic) bond motifs is 1. The molecular formula is C32H46N2O3. The van der Waals surface area contributed by atoms with E-state index >= 15 is 0 Å². The zero-order valence-electron chi connectivity index (χ0n) is 23.0. The third-order valence-corrected chi connectivity index (χ3v) is 7.50. The summed E-state index contributed by atoms with van der Waals surface area (Å²) < 4.78 is 12.9. The monoisotopic (exact) mass is 506 g/mol. The summed E-state index contributed by atoms with van der Waals surface area (Å²) in [6.07, 6.45) is 12.8. The zero-order chi connectivity index (χ0) is 26.1. The number of nitrogens with zero attached hydrogens (tertiary/aromatic N) is 1. The Bertz CT molecular complexity index is 1070. The maximum Gasteiger partial charge on any atom is 0.137 e. The maximum absolute atomic E-state index is 8.87. The number of aliphatic hydroxyl groups is 1. The highest BCUT2D eigenvalue weighted by Gasteiger charge is 2.40. The van der Waals surface area contributed by atoms with Crippen molar-refractivity contribution in [3.8, 4) is 5.75 Å². The van der Waals surface area contributed by atoms with Gasteiger partial charge >= 0.3 is 0 Å². The number of hydrogen-bond donors (Lipinski definition) is 2. The largest absolute Gasteiger partial charge is 0.490 e. The molecule has 0 saturated carbocycles. The Kier molecular flexibility index (Phi) is 10.1. The second-order valence-electron chi connectivity index (χ2n) is 11.4. The van der Waals surface area contributed by atoms with E-state index in [1.54, 1.807) is 0 Å². The van der Waals surface area contributed by atoms with Crippen LogP contribution < -0.4 is 4.74 Å². The number of ether oxygens (including phenoxy) is 2. The molecule has 37 heavy (non-hydrogen) atoms. The van der Waals surface area contributed by atoms with Crippen molar-refractivity contribution in [2.45, 2.75) is 96.4 Å². The number of unbranched alkanes of at least 4 members (excludes halogenated alkanes) is 7. The van der Waals surface area contributed by atoms with Gasteiger partial charge in [-0.05, 0) is 63.3 Å². The summed E-state index contributed by atoms with van der Waals surface area (Å²) in [5, 5.41) is 10.0. The molecule has 5 nitrogen and oxygen atoms in total. The third kappa shape index (κ3) is 7.59. The molecule has 1 aliphatic heterocycles. The molecule has 1 saturated heterocycles. The first-order chi connectivity index (χ1) is 18.0. The van der Waals surface area contributed by atoms with Gasteiger partial charge in [-0.15, -0.1) is 0 Å². The Morgan fingerprint density at radius 2 is 1.62 bits per heavy atom. The van der Waals surface area contributed by atoms with Gasteiger partial charge in [-0.3, -0.25) is 4.90 Å². The molecule has 1 aliphatic rings. The van der Waals surface area contributed by atoms with Crippen LogP contribution in [-0.4, -0.2) is 46.4 Å². The summed E-state index contributed by atoms with van der Waals surface area (Å²) in [4.78, 5) is 5.88. The van der Waals surface area contributed by atoms with Crippen LogP contribution >= 0.6 is 0 Å². The summed E-state index contributed by atoms with van der Waals surface area (Å²) in [6, 6.07) is 17.0. The molecule has 2 atom stereocenters. The lowest BCUT2D eigenvalue weighted by Gasteiger charge is -2.35. The molecule has 5 heteroatoms. The van der Waals surface area contributed by atoms with Crippen LogP contribution in [0.15, 0.2) is 54.7 Å². The summed E-state index contributed by atoms with van der Waals surface area (Å²) in [6.45, 7) is 8.45. The van der Waals surface area contributed by atoms with Crippen molar-refractivity contribution in [1.82, 2.24) is 9.88 Å². The number of aromatic nitrogens is 1. The average Bonchev–Trinajstić information content (AvgIpc) is 3.56. The standard InChI is InChI=1S/C32H46N2O3/c1-32(2,3)34-23-27(37-31(34)26-16-12-10-13-17-26)24-36-29-19-18-25(30-28(29)20-21-33-30)15-11-8-6-4-5-7-9-14-22-35/h10,12-13,16-21,27,31,33,35H,4-9,11,14-15,22-24H2,1-3H3. The summed E-state index contributed by atoms with van der Waals surface area (Å²) in [5.41, 5.74) is 3.77. The van der Waals surface area contributed by atoms with E-state index in [4.69, 9.17) is 14.6 Å². The molecule has 4 rings (SSSR count). The number of hydrogen-bond acceptors (Lipinski definition) is 4. The van der Waals surface area contributed by atoms with Crippen LogP contribution in [-0.2, 0) is 11.2 Å². The van der Waals surface area contributed by atoms with Crippen molar-refractivity contribution in [1.29, 1.82) is 0 Å². The molecule has 2 N–H and O–H groups in total. The van der Waals surface area contributed by atoms with E-state index in [-0.39, 0.29) is 17.9 Å². The number of benzene rings is 2. The van der Waals surface area contributed by atoms with Crippen LogP contribution in [0.5, 0.6) is 5.75 Å². The molecule has 2 unspecified atom stereocenters. The van der Waals surface area contributed by atoms with E-state index < -0.39 is 0 Å². The Balaban J connectivity index is 1.30. The first-order valence-corrected chi connectivity index (χ1v) is 14.3. The minimum Gasteiger partial charge on any atom is -0.490 e. The second-order valence-corrected chi connectivity index (χ2v) is 11.4. The predicted octanol–water partition coefficient (Wildman–Crippen LogP) is 7.40. The maximum atomic E-state index is 8.87. The summed E-state index contributed by atoms with van der Waals surface area (Å²) in [7, 11) is 0. The van der Waals surface area contributed by atoms with Crippen molar-refractivity contribution >= 4 is 10.9 Å². The van der Waals surface area contributed by atoms with Gasteiger partial charge in [0.25, 0.3) is 0 Å². The zero-order valence-corrected chi connectivity index (χ0v) is 23.0. The number of rotatable bonds is 14.